The maximum Gasteiger partial charge on any atom is 0.263 e. The molecule has 1 aromatic carbocycles. The molecule has 5 heteroatoms. The summed E-state index contributed by atoms with van der Waals surface area (Å²) in [6.45, 7) is 6.79. The maximum atomic E-state index is 12.6. The van der Waals surface area contributed by atoms with E-state index < -0.39 is 6.10 Å². The first-order valence-corrected chi connectivity index (χ1v) is 8.31. The van der Waals surface area contributed by atoms with E-state index in [2.05, 4.69) is 9.88 Å². The zero-order valence-corrected chi connectivity index (χ0v) is 14.2. The van der Waals surface area contributed by atoms with E-state index in [0.717, 1.165) is 30.2 Å². The van der Waals surface area contributed by atoms with Gasteiger partial charge in [0.25, 0.3) is 5.91 Å². The summed E-state index contributed by atoms with van der Waals surface area (Å²) in [7, 11) is 0. The first-order chi connectivity index (χ1) is 11.6. The minimum absolute atomic E-state index is 0.0391. The Hall–Kier alpha value is -2.56. The number of piperazine rings is 1. The van der Waals surface area contributed by atoms with Crippen LogP contribution in [0.15, 0.2) is 48.7 Å². The number of hydrogen-bond acceptors (Lipinski definition) is 4. The molecule has 1 unspecified atom stereocenters. The van der Waals surface area contributed by atoms with Crippen molar-refractivity contribution >= 4 is 11.7 Å². The van der Waals surface area contributed by atoms with Crippen molar-refractivity contribution in [1.29, 1.82) is 0 Å². The van der Waals surface area contributed by atoms with E-state index in [-0.39, 0.29) is 5.91 Å². The summed E-state index contributed by atoms with van der Waals surface area (Å²) < 4.78 is 5.80. The predicted octanol–water partition coefficient (Wildman–Crippen LogP) is 2.51. The molecule has 1 fully saturated rings. The number of aryl methyl sites for hydroxylation is 1. The van der Waals surface area contributed by atoms with Gasteiger partial charge in [0.2, 0.25) is 0 Å². The molecule has 1 aliphatic heterocycles. The van der Waals surface area contributed by atoms with Crippen molar-refractivity contribution in [3.05, 3.63) is 54.2 Å². The second-order valence-electron chi connectivity index (χ2n) is 6.08. The molecule has 0 bridgehead atoms. The Kier molecular flexibility index (Phi) is 4.99. The van der Waals surface area contributed by atoms with Crippen LogP contribution in [0.3, 0.4) is 0 Å². The average molecular weight is 325 g/mol. The lowest BCUT2D eigenvalue weighted by molar-refractivity contribution is -0.138. The number of hydrogen-bond donors (Lipinski definition) is 0. The Morgan fingerprint density at radius 2 is 1.92 bits per heavy atom. The fourth-order valence-electron chi connectivity index (χ4n) is 2.90. The lowest BCUT2D eigenvalue weighted by Gasteiger charge is -2.36. The highest BCUT2D eigenvalue weighted by Crippen LogP contribution is 2.17. The Morgan fingerprint density at radius 1 is 1.12 bits per heavy atom. The van der Waals surface area contributed by atoms with E-state index in [1.165, 1.54) is 0 Å². The fraction of sp³-hybridized carbons (Fsp3) is 0.368. The highest BCUT2D eigenvalue weighted by Gasteiger charge is 2.26. The molecule has 1 aromatic heterocycles. The third kappa shape index (κ3) is 3.85. The van der Waals surface area contributed by atoms with Crippen molar-refractivity contribution in [3.63, 3.8) is 0 Å². The molecule has 2 aromatic rings. The van der Waals surface area contributed by atoms with Crippen LogP contribution >= 0.6 is 0 Å². The van der Waals surface area contributed by atoms with Crippen LogP contribution in [0.4, 0.5) is 5.82 Å². The largest absolute Gasteiger partial charge is 0.481 e. The van der Waals surface area contributed by atoms with Crippen LogP contribution in [0.5, 0.6) is 5.75 Å². The van der Waals surface area contributed by atoms with Crippen molar-refractivity contribution in [2.45, 2.75) is 20.0 Å². The highest BCUT2D eigenvalue weighted by atomic mass is 16.5. The number of amides is 1. The van der Waals surface area contributed by atoms with Gasteiger partial charge in [0.05, 0.1) is 0 Å². The smallest absolute Gasteiger partial charge is 0.263 e. The van der Waals surface area contributed by atoms with Gasteiger partial charge >= 0.3 is 0 Å². The Bertz CT molecular complexity index is 682. The second-order valence-corrected chi connectivity index (χ2v) is 6.08. The van der Waals surface area contributed by atoms with E-state index in [9.17, 15) is 4.79 Å². The lowest BCUT2D eigenvalue weighted by Crippen LogP contribution is -2.52. The second kappa shape index (κ2) is 7.34. The van der Waals surface area contributed by atoms with Gasteiger partial charge in [0.15, 0.2) is 6.10 Å². The molecule has 1 atom stereocenters. The van der Waals surface area contributed by atoms with Crippen LogP contribution in [-0.2, 0) is 4.79 Å². The fourth-order valence-corrected chi connectivity index (χ4v) is 2.90. The molecule has 1 aliphatic rings. The lowest BCUT2D eigenvalue weighted by atomic mass is 10.2. The molecule has 5 nitrogen and oxygen atoms in total. The molecule has 126 valence electrons. The summed E-state index contributed by atoms with van der Waals surface area (Å²) in [6, 6.07) is 13.7. The molecule has 0 spiro atoms. The van der Waals surface area contributed by atoms with Gasteiger partial charge in [-0.3, -0.25) is 4.79 Å². The summed E-state index contributed by atoms with van der Waals surface area (Å²) in [5, 5.41) is 0. The van der Waals surface area contributed by atoms with Gasteiger partial charge < -0.3 is 14.5 Å². The molecule has 0 saturated carbocycles. The molecule has 1 saturated heterocycles. The molecule has 2 heterocycles. The van der Waals surface area contributed by atoms with Gasteiger partial charge in [0, 0.05) is 32.4 Å². The summed E-state index contributed by atoms with van der Waals surface area (Å²) >= 11 is 0. The Labute approximate surface area is 142 Å². The Balaban J connectivity index is 1.55. The number of carbonyl (C=O) groups is 1. The van der Waals surface area contributed by atoms with E-state index in [1.54, 1.807) is 6.20 Å². The number of benzene rings is 1. The van der Waals surface area contributed by atoms with Crippen molar-refractivity contribution in [3.8, 4) is 5.75 Å². The van der Waals surface area contributed by atoms with Crippen molar-refractivity contribution in [1.82, 2.24) is 9.88 Å². The summed E-state index contributed by atoms with van der Waals surface area (Å²) in [5.74, 6) is 1.74. The van der Waals surface area contributed by atoms with Crippen LogP contribution in [0.2, 0.25) is 0 Å². The molecular weight excluding hydrogens is 302 g/mol. The van der Waals surface area contributed by atoms with Crippen LogP contribution < -0.4 is 9.64 Å². The average Bonchev–Trinajstić information content (AvgIpc) is 2.62. The SMILES string of the molecule is Cc1cccc(OC(C)C(=O)N2CCN(c3ccccn3)CC2)c1. The zero-order chi connectivity index (χ0) is 16.9. The normalized spacial score (nSPS) is 15.9. The van der Waals surface area contributed by atoms with Crippen molar-refractivity contribution < 1.29 is 9.53 Å². The van der Waals surface area contributed by atoms with Crippen LogP contribution in [0.25, 0.3) is 0 Å². The van der Waals surface area contributed by atoms with Gasteiger partial charge in [-0.2, -0.15) is 0 Å². The molecule has 1 amide bonds. The summed E-state index contributed by atoms with van der Waals surface area (Å²) in [6.07, 6.45) is 1.32. The topological polar surface area (TPSA) is 45.7 Å². The molecular formula is C19H23N3O2. The van der Waals surface area contributed by atoms with Gasteiger partial charge in [-0.1, -0.05) is 18.2 Å². The number of nitrogens with zero attached hydrogens (tertiary/aromatic N) is 3. The van der Waals surface area contributed by atoms with E-state index in [1.807, 2.05) is 61.2 Å². The molecule has 24 heavy (non-hydrogen) atoms. The molecule has 0 N–H and O–H groups in total. The standard InChI is InChI=1S/C19H23N3O2/c1-15-6-5-7-17(14-15)24-16(2)19(23)22-12-10-21(11-13-22)18-8-3-4-9-20-18/h3-9,14,16H,10-13H2,1-2H3. The van der Waals surface area contributed by atoms with Crippen LogP contribution in [-0.4, -0.2) is 48.1 Å². The number of rotatable bonds is 4. The van der Waals surface area contributed by atoms with E-state index in [0.29, 0.717) is 13.1 Å². The Morgan fingerprint density at radius 3 is 2.58 bits per heavy atom. The van der Waals surface area contributed by atoms with Gasteiger partial charge in [-0.05, 0) is 43.7 Å². The first-order valence-electron chi connectivity index (χ1n) is 8.31. The third-order valence-electron chi connectivity index (χ3n) is 4.21. The van der Waals surface area contributed by atoms with Crippen molar-refractivity contribution in [2.24, 2.45) is 0 Å². The predicted molar refractivity (Wildman–Crippen MR) is 94.3 cm³/mol. The van der Waals surface area contributed by atoms with E-state index in [4.69, 9.17) is 4.74 Å². The maximum absolute atomic E-state index is 12.6. The quantitative estimate of drug-likeness (QED) is 0.866. The number of aromatic nitrogens is 1. The van der Waals surface area contributed by atoms with Gasteiger partial charge in [-0.25, -0.2) is 4.98 Å². The highest BCUT2D eigenvalue weighted by molar-refractivity contribution is 5.81. The van der Waals surface area contributed by atoms with Gasteiger partial charge in [0.1, 0.15) is 11.6 Å². The van der Waals surface area contributed by atoms with Crippen molar-refractivity contribution in [2.75, 3.05) is 31.1 Å². The monoisotopic (exact) mass is 325 g/mol. The minimum Gasteiger partial charge on any atom is -0.481 e. The zero-order valence-electron chi connectivity index (χ0n) is 14.2. The number of ether oxygens (including phenoxy) is 1. The van der Waals surface area contributed by atoms with Crippen LogP contribution in [0.1, 0.15) is 12.5 Å². The summed E-state index contributed by atoms with van der Waals surface area (Å²) in [5.41, 5.74) is 1.12. The van der Waals surface area contributed by atoms with Crippen LogP contribution in [0, 0.1) is 6.92 Å². The number of carbonyl (C=O) groups excluding carboxylic acids is 1. The number of pyridine rings is 1. The first kappa shape index (κ1) is 16.3. The minimum atomic E-state index is -0.479. The third-order valence-corrected chi connectivity index (χ3v) is 4.21. The summed E-state index contributed by atoms with van der Waals surface area (Å²) in [4.78, 5) is 21.0. The molecule has 0 aliphatic carbocycles. The molecule has 0 radical (unpaired) electrons. The van der Waals surface area contributed by atoms with Gasteiger partial charge in [-0.15, -0.1) is 0 Å². The molecule has 3 rings (SSSR count). The van der Waals surface area contributed by atoms with E-state index >= 15 is 0 Å². The number of anilines is 1.